The summed E-state index contributed by atoms with van der Waals surface area (Å²) in [4.78, 5) is 19.6. The van der Waals surface area contributed by atoms with Crippen molar-refractivity contribution in [2.75, 3.05) is 13.7 Å². The Labute approximate surface area is 227 Å². The molecule has 1 atom stereocenters. The van der Waals surface area contributed by atoms with Gasteiger partial charge in [0, 0.05) is 12.2 Å². The van der Waals surface area contributed by atoms with Crippen LogP contribution >= 0.6 is 0 Å². The van der Waals surface area contributed by atoms with Gasteiger partial charge in [-0.25, -0.2) is 13.4 Å². The fourth-order valence-electron chi connectivity index (χ4n) is 4.71. The first-order chi connectivity index (χ1) is 18.9. The molecule has 4 aromatic rings. The van der Waals surface area contributed by atoms with Gasteiger partial charge < -0.3 is 23.4 Å². The maximum atomic E-state index is 13.6. The lowest BCUT2D eigenvalue weighted by Gasteiger charge is -2.24. The average Bonchev–Trinajstić information content (AvgIpc) is 3.72. The Morgan fingerprint density at radius 3 is 2.54 bits per heavy atom. The molecule has 5 rings (SSSR count). The SMILES string of the molecule is COc1ccc(C(=O)N(Cc2ccco2)Cc2cnc(S(=O)(=O)Cc3ccccc3)n2CC2CCCO2)cc1. The summed E-state index contributed by atoms with van der Waals surface area (Å²) in [6.45, 7) is 1.31. The van der Waals surface area contributed by atoms with E-state index < -0.39 is 9.84 Å². The van der Waals surface area contributed by atoms with Gasteiger partial charge in [-0.15, -0.1) is 0 Å². The van der Waals surface area contributed by atoms with E-state index in [4.69, 9.17) is 13.9 Å². The van der Waals surface area contributed by atoms with Gasteiger partial charge in [0.15, 0.2) is 0 Å². The molecule has 1 aliphatic heterocycles. The van der Waals surface area contributed by atoms with Gasteiger partial charge in [0.2, 0.25) is 15.0 Å². The van der Waals surface area contributed by atoms with Crippen molar-refractivity contribution in [3.63, 3.8) is 0 Å². The summed E-state index contributed by atoms with van der Waals surface area (Å²) in [5.41, 5.74) is 1.76. The zero-order valence-electron chi connectivity index (χ0n) is 21.7. The van der Waals surface area contributed by atoms with Crippen LogP contribution in [0.2, 0.25) is 0 Å². The Hall–Kier alpha value is -3.89. The van der Waals surface area contributed by atoms with Gasteiger partial charge in [-0.1, -0.05) is 30.3 Å². The molecule has 0 aliphatic carbocycles. The molecule has 0 N–H and O–H groups in total. The number of rotatable bonds is 11. The lowest BCUT2D eigenvalue weighted by atomic mass is 10.1. The predicted octanol–water partition coefficient (Wildman–Crippen LogP) is 4.48. The van der Waals surface area contributed by atoms with E-state index in [-0.39, 0.29) is 36.0 Å². The monoisotopic (exact) mass is 549 g/mol. The molecule has 39 heavy (non-hydrogen) atoms. The van der Waals surface area contributed by atoms with Crippen molar-refractivity contribution in [2.24, 2.45) is 0 Å². The second-order valence-electron chi connectivity index (χ2n) is 9.49. The number of methoxy groups -OCH3 is 1. The topological polar surface area (TPSA) is 104 Å². The fraction of sp³-hybridized carbons (Fsp3) is 0.310. The van der Waals surface area contributed by atoms with Crippen LogP contribution in [0.4, 0.5) is 0 Å². The molecule has 0 radical (unpaired) electrons. The van der Waals surface area contributed by atoms with E-state index in [1.165, 1.54) is 0 Å². The third-order valence-corrected chi connectivity index (χ3v) is 8.29. The van der Waals surface area contributed by atoms with Gasteiger partial charge in [0.05, 0.1) is 56.8 Å². The third kappa shape index (κ3) is 6.40. The molecule has 10 heteroatoms. The van der Waals surface area contributed by atoms with Gasteiger partial charge in [0.1, 0.15) is 11.5 Å². The molecule has 3 heterocycles. The van der Waals surface area contributed by atoms with Crippen LogP contribution in [0.25, 0.3) is 0 Å². The summed E-state index contributed by atoms with van der Waals surface area (Å²) in [6, 6.07) is 19.5. The highest BCUT2D eigenvalue weighted by atomic mass is 32.2. The van der Waals surface area contributed by atoms with Gasteiger partial charge in [-0.3, -0.25) is 4.79 Å². The molecule has 1 fully saturated rings. The van der Waals surface area contributed by atoms with Crippen molar-refractivity contribution in [1.29, 1.82) is 0 Å². The van der Waals surface area contributed by atoms with Crippen LogP contribution in [0, 0.1) is 0 Å². The van der Waals surface area contributed by atoms with Crippen LogP contribution in [0.5, 0.6) is 5.75 Å². The Morgan fingerprint density at radius 2 is 1.87 bits per heavy atom. The Bertz CT molecular complexity index is 1480. The summed E-state index contributed by atoms with van der Waals surface area (Å²) in [6.07, 6.45) is 4.72. The van der Waals surface area contributed by atoms with Gasteiger partial charge in [-0.2, -0.15) is 0 Å². The van der Waals surface area contributed by atoms with Gasteiger partial charge in [-0.05, 0) is 54.8 Å². The maximum Gasteiger partial charge on any atom is 0.254 e. The van der Waals surface area contributed by atoms with Crippen molar-refractivity contribution in [3.05, 3.63) is 102 Å². The summed E-state index contributed by atoms with van der Waals surface area (Å²) >= 11 is 0. The first-order valence-electron chi connectivity index (χ1n) is 12.8. The van der Waals surface area contributed by atoms with Crippen LogP contribution in [0.1, 0.15) is 40.2 Å². The maximum absolute atomic E-state index is 13.6. The van der Waals surface area contributed by atoms with Crippen LogP contribution in [-0.2, 0) is 40.0 Å². The molecule has 1 unspecified atom stereocenters. The number of nitrogens with zero attached hydrogens (tertiary/aromatic N) is 3. The minimum atomic E-state index is -3.77. The van der Waals surface area contributed by atoms with Crippen LogP contribution in [0.15, 0.2) is 88.8 Å². The summed E-state index contributed by atoms with van der Waals surface area (Å²) in [7, 11) is -2.20. The Balaban J connectivity index is 1.48. The number of imidazole rings is 1. The molecule has 0 bridgehead atoms. The molecule has 2 aromatic carbocycles. The summed E-state index contributed by atoms with van der Waals surface area (Å²) in [5.74, 6) is 0.857. The van der Waals surface area contributed by atoms with Crippen LogP contribution in [0.3, 0.4) is 0 Å². The number of amides is 1. The zero-order chi connectivity index (χ0) is 27.2. The first-order valence-corrected chi connectivity index (χ1v) is 14.5. The van der Waals surface area contributed by atoms with Crippen molar-refractivity contribution >= 4 is 15.7 Å². The number of sulfone groups is 1. The van der Waals surface area contributed by atoms with Crippen molar-refractivity contribution in [3.8, 4) is 5.75 Å². The molecule has 2 aromatic heterocycles. The number of furan rings is 1. The van der Waals surface area contributed by atoms with E-state index in [1.54, 1.807) is 77.6 Å². The molecule has 9 nitrogen and oxygen atoms in total. The van der Waals surface area contributed by atoms with Crippen molar-refractivity contribution in [2.45, 2.75) is 49.5 Å². The largest absolute Gasteiger partial charge is 0.497 e. The predicted molar refractivity (Wildman–Crippen MR) is 144 cm³/mol. The molecule has 1 aliphatic rings. The summed E-state index contributed by atoms with van der Waals surface area (Å²) in [5, 5.41) is -0.0216. The minimum Gasteiger partial charge on any atom is -0.497 e. The van der Waals surface area contributed by atoms with Crippen molar-refractivity contribution < 1.29 is 27.1 Å². The highest BCUT2D eigenvalue weighted by Crippen LogP contribution is 2.24. The molecule has 1 saturated heterocycles. The number of ether oxygens (including phenoxy) is 2. The first kappa shape index (κ1) is 26.7. The summed E-state index contributed by atoms with van der Waals surface area (Å²) < 4.78 is 45.4. The second kappa shape index (κ2) is 11.9. The molecular formula is C29H31N3O6S. The number of hydrogen-bond donors (Lipinski definition) is 0. The Kier molecular flexibility index (Phi) is 8.13. The molecule has 204 valence electrons. The quantitative estimate of drug-likeness (QED) is 0.272. The lowest BCUT2D eigenvalue weighted by Crippen LogP contribution is -2.32. The zero-order valence-corrected chi connectivity index (χ0v) is 22.5. The molecule has 0 saturated carbocycles. The van der Waals surface area contributed by atoms with Crippen molar-refractivity contribution in [1.82, 2.24) is 14.5 Å². The van der Waals surface area contributed by atoms with E-state index in [0.29, 0.717) is 41.5 Å². The fourth-order valence-corrected chi connectivity index (χ4v) is 6.21. The van der Waals surface area contributed by atoms with E-state index in [9.17, 15) is 13.2 Å². The van der Waals surface area contributed by atoms with E-state index in [1.807, 2.05) is 18.2 Å². The lowest BCUT2D eigenvalue weighted by molar-refractivity contribution is 0.0706. The molecule has 1 amide bonds. The van der Waals surface area contributed by atoms with Gasteiger partial charge in [0.25, 0.3) is 5.91 Å². The number of benzene rings is 2. The standard InChI is InChI=1S/C29H31N3O6S/c1-36-25-13-11-23(12-14-25)28(33)31(19-26-9-5-15-37-26)18-24-17-30-29(32(24)20-27-10-6-16-38-27)39(34,35)21-22-7-3-2-4-8-22/h2-5,7-9,11-15,17,27H,6,10,16,18-21H2,1H3. The number of carbonyl (C=O) groups is 1. The normalized spacial score (nSPS) is 15.4. The number of carbonyl (C=O) groups excluding carboxylic acids is 1. The average molecular weight is 550 g/mol. The number of hydrogen-bond acceptors (Lipinski definition) is 7. The van der Waals surface area contributed by atoms with Crippen LogP contribution < -0.4 is 4.74 Å². The highest BCUT2D eigenvalue weighted by molar-refractivity contribution is 7.90. The highest BCUT2D eigenvalue weighted by Gasteiger charge is 2.29. The number of aromatic nitrogens is 2. The smallest absolute Gasteiger partial charge is 0.254 e. The Morgan fingerprint density at radius 1 is 1.08 bits per heavy atom. The van der Waals surface area contributed by atoms with E-state index in [0.717, 1.165) is 12.8 Å². The molecular weight excluding hydrogens is 518 g/mol. The van der Waals surface area contributed by atoms with E-state index >= 15 is 0 Å². The van der Waals surface area contributed by atoms with Gasteiger partial charge >= 0.3 is 0 Å². The second-order valence-corrected chi connectivity index (χ2v) is 11.4. The van der Waals surface area contributed by atoms with E-state index in [2.05, 4.69) is 4.98 Å². The van der Waals surface area contributed by atoms with Crippen LogP contribution in [-0.4, -0.2) is 48.6 Å². The minimum absolute atomic E-state index is 0.0216. The molecule has 0 spiro atoms. The third-order valence-electron chi connectivity index (χ3n) is 6.69.